The standard InChI is InChI=1S/C13H17F3N2/c14-13(15,16)12(6-7-12)18-9-11-4-2-1-3-10(11)5-8-17/h1-4,18H,5-9,17H2. The van der Waals surface area contributed by atoms with Gasteiger partial charge in [-0.1, -0.05) is 24.3 Å². The molecule has 0 radical (unpaired) electrons. The van der Waals surface area contributed by atoms with E-state index in [0.29, 0.717) is 13.0 Å². The van der Waals surface area contributed by atoms with Gasteiger partial charge in [0.2, 0.25) is 0 Å². The van der Waals surface area contributed by atoms with Crippen molar-refractivity contribution in [3.8, 4) is 0 Å². The van der Waals surface area contributed by atoms with Crippen LogP contribution >= 0.6 is 0 Å². The highest BCUT2D eigenvalue weighted by molar-refractivity contribution is 5.28. The fourth-order valence-corrected chi connectivity index (χ4v) is 2.08. The lowest BCUT2D eigenvalue weighted by molar-refractivity contribution is -0.166. The Morgan fingerprint density at radius 3 is 2.28 bits per heavy atom. The van der Waals surface area contributed by atoms with Crippen LogP contribution in [-0.2, 0) is 13.0 Å². The topological polar surface area (TPSA) is 38.0 Å². The van der Waals surface area contributed by atoms with E-state index < -0.39 is 11.7 Å². The maximum atomic E-state index is 12.8. The van der Waals surface area contributed by atoms with Crippen molar-refractivity contribution in [1.82, 2.24) is 5.32 Å². The normalized spacial score (nSPS) is 17.8. The Morgan fingerprint density at radius 1 is 1.17 bits per heavy atom. The van der Waals surface area contributed by atoms with Gasteiger partial charge >= 0.3 is 6.18 Å². The third-order valence-electron chi connectivity index (χ3n) is 3.44. The Kier molecular flexibility index (Phi) is 3.64. The van der Waals surface area contributed by atoms with Crippen molar-refractivity contribution in [3.05, 3.63) is 35.4 Å². The van der Waals surface area contributed by atoms with E-state index >= 15 is 0 Å². The smallest absolute Gasteiger partial charge is 0.330 e. The molecule has 5 heteroatoms. The quantitative estimate of drug-likeness (QED) is 0.851. The summed E-state index contributed by atoms with van der Waals surface area (Å²) in [6.45, 7) is 0.747. The van der Waals surface area contributed by atoms with Crippen LogP contribution in [-0.4, -0.2) is 18.3 Å². The first kappa shape index (κ1) is 13.4. The molecular formula is C13H17F3N2. The molecule has 18 heavy (non-hydrogen) atoms. The zero-order valence-corrected chi connectivity index (χ0v) is 10.1. The molecular weight excluding hydrogens is 241 g/mol. The van der Waals surface area contributed by atoms with Crippen LogP contribution in [0.3, 0.4) is 0 Å². The molecule has 0 bridgehead atoms. The SMILES string of the molecule is NCCc1ccccc1CNC1(C(F)(F)F)CC1. The number of alkyl halides is 3. The van der Waals surface area contributed by atoms with Crippen molar-refractivity contribution in [2.75, 3.05) is 6.54 Å². The summed E-state index contributed by atoms with van der Waals surface area (Å²) in [5, 5.41) is 2.66. The van der Waals surface area contributed by atoms with Gasteiger partial charge in [-0.05, 0) is 36.9 Å². The van der Waals surface area contributed by atoms with Gasteiger partial charge in [-0.2, -0.15) is 13.2 Å². The summed E-state index contributed by atoms with van der Waals surface area (Å²) in [5.74, 6) is 0. The van der Waals surface area contributed by atoms with E-state index in [-0.39, 0.29) is 19.4 Å². The van der Waals surface area contributed by atoms with E-state index in [2.05, 4.69) is 5.32 Å². The van der Waals surface area contributed by atoms with Crippen molar-refractivity contribution in [3.63, 3.8) is 0 Å². The summed E-state index contributed by atoms with van der Waals surface area (Å²) in [6, 6.07) is 7.48. The summed E-state index contributed by atoms with van der Waals surface area (Å²) in [7, 11) is 0. The zero-order chi connectivity index (χ0) is 13.2. The van der Waals surface area contributed by atoms with E-state index in [4.69, 9.17) is 5.73 Å². The molecule has 2 nitrogen and oxygen atoms in total. The Labute approximate surface area is 104 Å². The molecule has 1 aromatic carbocycles. The van der Waals surface area contributed by atoms with Gasteiger partial charge in [0.15, 0.2) is 0 Å². The van der Waals surface area contributed by atoms with Gasteiger partial charge in [-0.15, -0.1) is 0 Å². The minimum Gasteiger partial charge on any atom is -0.330 e. The van der Waals surface area contributed by atoms with E-state index in [1.54, 1.807) is 0 Å². The molecule has 0 amide bonds. The molecule has 1 aliphatic carbocycles. The highest BCUT2D eigenvalue weighted by atomic mass is 19.4. The molecule has 0 aromatic heterocycles. The number of halogens is 3. The van der Waals surface area contributed by atoms with Crippen LogP contribution < -0.4 is 11.1 Å². The number of nitrogens with one attached hydrogen (secondary N) is 1. The third-order valence-corrected chi connectivity index (χ3v) is 3.44. The molecule has 1 fully saturated rings. The number of hydrogen-bond donors (Lipinski definition) is 2. The van der Waals surface area contributed by atoms with Gasteiger partial charge in [0.1, 0.15) is 5.54 Å². The van der Waals surface area contributed by atoms with Crippen LogP contribution in [0.25, 0.3) is 0 Å². The average molecular weight is 258 g/mol. The predicted molar refractivity (Wildman–Crippen MR) is 64.1 cm³/mol. The monoisotopic (exact) mass is 258 g/mol. The molecule has 0 atom stereocenters. The molecule has 1 saturated carbocycles. The Hall–Kier alpha value is -1.07. The van der Waals surface area contributed by atoms with E-state index in [1.807, 2.05) is 24.3 Å². The number of rotatable bonds is 5. The van der Waals surface area contributed by atoms with Gasteiger partial charge in [-0.3, -0.25) is 5.32 Å². The summed E-state index contributed by atoms with van der Waals surface area (Å²) < 4.78 is 38.3. The highest BCUT2D eigenvalue weighted by Crippen LogP contribution is 2.49. The first-order chi connectivity index (χ1) is 8.48. The molecule has 0 spiro atoms. The molecule has 0 aliphatic heterocycles. The average Bonchev–Trinajstić information content (AvgIpc) is 3.09. The number of hydrogen-bond acceptors (Lipinski definition) is 2. The molecule has 1 aliphatic rings. The van der Waals surface area contributed by atoms with Crippen LogP contribution in [0, 0.1) is 0 Å². The number of nitrogens with two attached hydrogens (primary N) is 1. The summed E-state index contributed by atoms with van der Waals surface area (Å²) in [6.07, 6.45) is -3.11. The fourth-order valence-electron chi connectivity index (χ4n) is 2.08. The van der Waals surface area contributed by atoms with Crippen molar-refractivity contribution >= 4 is 0 Å². The van der Waals surface area contributed by atoms with Gasteiger partial charge in [0.25, 0.3) is 0 Å². The number of benzene rings is 1. The molecule has 1 aromatic rings. The van der Waals surface area contributed by atoms with Gasteiger partial charge in [0, 0.05) is 6.54 Å². The molecule has 0 saturated heterocycles. The maximum absolute atomic E-state index is 12.8. The summed E-state index contributed by atoms with van der Waals surface area (Å²) in [5.41, 5.74) is 5.76. The van der Waals surface area contributed by atoms with Crippen molar-refractivity contribution in [2.45, 2.75) is 37.5 Å². The van der Waals surface area contributed by atoms with Gasteiger partial charge in [-0.25, -0.2) is 0 Å². The minimum absolute atomic E-state index is 0.176. The maximum Gasteiger partial charge on any atom is 0.406 e. The van der Waals surface area contributed by atoms with Crippen LogP contribution in [0.1, 0.15) is 24.0 Å². The molecule has 3 N–H and O–H groups in total. The lowest BCUT2D eigenvalue weighted by Gasteiger charge is -2.21. The van der Waals surface area contributed by atoms with E-state index in [1.165, 1.54) is 0 Å². The van der Waals surface area contributed by atoms with Crippen molar-refractivity contribution in [2.24, 2.45) is 5.73 Å². The van der Waals surface area contributed by atoms with Crippen LogP contribution in [0.4, 0.5) is 13.2 Å². The molecule has 2 rings (SSSR count). The van der Waals surface area contributed by atoms with Crippen molar-refractivity contribution < 1.29 is 13.2 Å². The predicted octanol–water partition coefficient (Wildman–Crippen LogP) is 2.37. The van der Waals surface area contributed by atoms with Crippen molar-refractivity contribution in [1.29, 1.82) is 0 Å². The first-order valence-electron chi connectivity index (χ1n) is 6.07. The minimum atomic E-state index is -4.16. The zero-order valence-electron chi connectivity index (χ0n) is 10.1. The lowest BCUT2D eigenvalue weighted by atomic mass is 10.0. The Bertz CT molecular complexity index is 411. The lowest BCUT2D eigenvalue weighted by Crippen LogP contribution is -2.44. The molecule has 0 heterocycles. The second-order valence-corrected chi connectivity index (χ2v) is 4.74. The third kappa shape index (κ3) is 2.67. The highest BCUT2D eigenvalue weighted by Gasteiger charge is 2.62. The first-order valence-corrected chi connectivity index (χ1v) is 6.07. The van der Waals surface area contributed by atoms with Crippen LogP contribution in [0.5, 0.6) is 0 Å². The van der Waals surface area contributed by atoms with Gasteiger partial charge < -0.3 is 5.73 Å². The second-order valence-electron chi connectivity index (χ2n) is 4.74. The van der Waals surface area contributed by atoms with Gasteiger partial charge in [0.05, 0.1) is 0 Å². The largest absolute Gasteiger partial charge is 0.406 e. The fraction of sp³-hybridized carbons (Fsp3) is 0.538. The molecule has 100 valence electrons. The summed E-state index contributed by atoms with van der Waals surface area (Å²) >= 11 is 0. The summed E-state index contributed by atoms with van der Waals surface area (Å²) in [4.78, 5) is 0. The van der Waals surface area contributed by atoms with E-state index in [9.17, 15) is 13.2 Å². The molecule has 0 unspecified atom stereocenters. The Morgan fingerprint density at radius 2 is 1.78 bits per heavy atom. The van der Waals surface area contributed by atoms with Crippen LogP contribution in [0.2, 0.25) is 0 Å². The Balaban J connectivity index is 2.03. The van der Waals surface area contributed by atoms with Crippen LogP contribution in [0.15, 0.2) is 24.3 Å². The second kappa shape index (κ2) is 4.90. The van der Waals surface area contributed by atoms with E-state index in [0.717, 1.165) is 11.1 Å².